The zero-order valence-electron chi connectivity index (χ0n) is 17.4. The highest BCUT2D eigenvalue weighted by molar-refractivity contribution is 6.32. The minimum Gasteiger partial charge on any atom is -0.495 e. The molecule has 0 aliphatic carbocycles. The SMILES string of the molecule is COc1ccc(NC(=O)C(OC(=O)c2cccc(-n3cnnn3)c2)c2ccccc2)cc1Cl. The summed E-state index contributed by atoms with van der Waals surface area (Å²) in [6.45, 7) is 0. The third-order valence-electron chi connectivity index (χ3n) is 4.68. The van der Waals surface area contributed by atoms with Gasteiger partial charge in [-0.3, -0.25) is 4.79 Å². The fourth-order valence-corrected chi connectivity index (χ4v) is 3.34. The van der Waals surface area contributed by atoms with Crippen molar-refractivity contribution in [2.45, 2.75) is 6.10 Å². The van der Waals surface area contributed by atoms with Crippen LogP contribution in [0.1, 0.15) is 22.0 Å². The Bertz CT molecular complexity index is 1270. The predicted octanol–water partition coefficient (Wildman–Crippen LogP) is 3.86. The van der Waals surface area contributed by atoms with Crippen LogP contribution < -0.4 is 10.1 Å². The summed E-state index contributed by atoms with van der Waals surface area (Å²) in [5.74, 6) is -0.739. The Hall–Kier alpha value is -4.24. The second kappa shape index (κ2) is 9.92. The molecule has 166 valence electrons. The zero-order valence-corrected chi connectivity index (χ0v) is 18.1. The standard InChI is InChI=1S/C23H18ClN5O4/c1-32-20-11-10-17(13-19(20)24)26-22(30)21(15-6-3-2-4-7-15)33-23(31)16-8-5-9-18(12-16)29-14-25-27-28-29/h2-14,21H,1H3,(H,26,30). The lowest BCUT2D eigenvalue weighted by Gasteiger charge is -2.18. The van der Waals surface area contributed by atoms with E-state index in [0.717, 1.165) is 0 Å². The Balaban J connectivity index is 1.58. The van der Waals surface area contributed by atoms with E-state index in [-0.39, 0.29) is 5.56 Å². The van der Waals surface area contributed by atoms with Crippen molar-refractivity contribution in [2.24, 2.45) is 0 Å². The molecule has 1 unspecified atom stereocenters. The number of esters is 1. The Morgan fingerprint density at radius 3 is 2.55 bits per heavy atom. The molecule has 1 aromatic heterocycles. The average Bonchev–Trinajstić information content (AvgIpc) is 3.38. The van der Waals surface area contributed by atoms with Gasteiger partial charge in [-0.25, -0.2) is 9.48 Å². The Kier molecular flexibility index (Phi) is 6.61. The van der Waals surface area contributed by atoms with E-state index >= 15 is 0 Å². The highest BCUT2D eigenvalue weighted by Crippen LogP contribution is 2.28. The smallest absolute Gasteiger partial charge is 0.339 e. The first kappa shape index (κ1) is 22.0. The number of amides is 1. The minimum absolute atomic E-state index is 0.240. The van der Waals surface area contributed by atoms with Gasteiger partial charge < -0.3 is 14.8 Å². The molecule has 0 fully saturated rings. The molecule has 1 amide bonds. The van der Waals surface area contributed by atoms with Crippen LogP contribution in [0.25, 0.3) is 5.69 Å². The second-order valence-corrected chi connectivity index (χ2v) is 7.25. The van der Waals surface area contributed by atoms with Crippen molar-refractivity contribution in [3.8, 4) is 11.4 Å². The van der Waals surface area contributed by atoms with Crippen LogP contribution >= 0.6 is 11.6 Å². The van der Waals surface area contributed by atoms with Gasteiger partial charge in [0.05, 0.1) is 23.4 Å². The molecule has 0 aliphatic heterocycles. The molecule has 0 bridgehead atoms. The lowest BCUT2D eigenvalue weighted by atomic mass is 10.1. The van der Waals surface area contributed by atoms with E-state index in [4.69, 9.17) is 21.1 Å². The van der Waals surface area contributed by atoms with Gasteiger partial charge in [-0.2, -0.15) is 0 Å². The first-order valence-electron chi connectivity index (χ1n) is 9.79. The van der Waals surface area contributed by atoms with Crippen molar-refractivity contribution in [3.05, 3.63) is 95.3 Å². The Morgan fingerprint density at radius 2 is 1.85 bits per heavy atom. The van der Waals surface area contributed by atoms with Gasteiger partial charge in [0, 0.05) is 11.3 Å². The number of hydrogen-bond donors (Lipinski definition) is 1. The predicted molar refractivity (Wildman–Crippen MR) is 120 cm³/mol. The molecule has 4 rings (SSSR count). The van der Waals surface area contributed by atoms with Crippen LogP contribution in [-0.2, 0) is 9.53 Å². The summed E-state index contributed by atoms with van der Waals surface area (Å²) in [6, 6.07) is 20.1. The van der Waals surface area contributed by atoms with Crippen LogP contribution in [0.4, 0.5) is 5.69 Å². The van der Waals surface area contributed by atoms with Gasteiger partial charge in [0.1, 0.15) is 12.1 Å². The fraction of sp³-hybridized carbons (Fsp3) is 0.0870. The topological polar surface area (TPSA) is 108 Å². The number of halogens is 1. The summed E-state index contributed by atoms with van der Waals surface area (Å²) in [4.78, 5) is 26.0. The molecule has 1 heterocycles. The van der Waals surface area contributed by atoms with Crippen LogP contribution in [-0.4, -0.2) is 39.2 Å². The Morgan fingerprint density at radius 1 is 1.03 bits per heavy atom. The number of nitrogens with zero attached hydrogens (tertiary/aromatic N) is 4. The van der Waals surface area contributed by atoms with Gasteiger partial charge in [0.2, 0.25) is 6.10 Å². The monoisotopic (exact) mass is 463 g/mol. The summed E-state index contributed by atoms with van der Waals surface area (Å²) in [5, 5.41) is 14.1. The molecule has 10 heteroatoms. The van der Waals surface area contributed by atoms with Crippen molar-refractivity contribution < 1.29 is 19.1 Å². The summed E-state index contributed by atoms with van der Waals surface area (Å²) < 4.78 is 12.2. The number of carbonyl (C=O) groups excluding carboxylic acids is 2. The zero-order chi connectivity index (χ0) is 23.2. The van der Waals surface area contributed by atoms with Crippen molar-refractivity contribution in [3.63, 3.8) is 0 Å². The number of tetrazole rings is 1. The van der Waals surface area contributed by atoms with Gasteiger partial charge in [-0.05, 0) is 46.8 Å². The molecule has 0 spiro atoms. The second-order valence-electron chi connectivity index (χ2n) is 6.84. The number of rotatable bonds is 7. The lowest BCUT2D eigenvalue weighted by Crippen LogP contribution is -2.26. The van der Waals surface area contributed by atoms with E-state index in [9.17, 15) is 9.59 Å². The third kappa shape index (κ3) is 5.16. The molecule has 0 saturated carbocycles. The molecule has 4 aromatic rings. The normalized spacial score (nSPS) is 11.5. The van der Waals surface area contributed by atoms with Crippen LogP contribution in [0.15, 0.2) is 79.1 Å². The van der Waals surface area contributed by atoms with E-state index in [1.165, 1.54) is 18.1 Å². The van der Waals surface area contributed by atoms with Crippen molar-refractivity contribution in [1.82, 2.24) is 20.2 Å². The van der Waals surface area contributed by atoms with E-state index in [1.54, 1.807) is 72.8 Å². The van der Waals surface area contributed by atoms with Gasteiger partial charge in [0.15, 0.2) is 0 Å². The van der Waals surface area contributed by atoms with Crippen LogP contribution in [0, 0.1) is 0 Å². The molecule has 3 aromatic carbocycles. The summed E-state index contributed by atoms with van der Waals surface area (Å²) in [6.07, 6.45) is 0.209. The number of methoxy groups -OCH3 is 1. The number of nitrogens with one attached hydrogen (secondary N) is 1. The van der Waals surface area contributed by atoms with Crippen LogP contribution in [0.5, 0.6) is 5.75 Å². The van der Waals surface area contributed by atoms with Crippen molar-refractivity contribution >= 4 is 29.2 Å². The van der Waals surface area contributed by atoms with Gasteiger partial charge in [-0.1, -0.05) is 48.0 Å². The van der Waals surface area contributed by atoms with Gasteiger partial charge >= 0.3 is 5.97 Å². The van der Waals surface area contributed by atoms with E-state index in [1.807, 2.05) is 0 Å². The summed E-state index contributed by atoms with van der Waals surface area (Å²) in [5.41, 5.74) is 1.76. The largest absolute Gasteiger partial charge is 0.495 e. The number of aromatic nitrogens is 4. The number of carbonyl (C=O) groups is 2. The molecular formula is C23H18ClN5O4. The van der Waals surface area contributed by atoms with Gasteiger partial charge in [0.25, 0.3) is 5.91 Å². The summed E-state index contributed by atoms with van der Waals surface area (Å²) in [7, 11) is 1.50. The number of benzene rings is 3. The van der Waals surface area contributed by atoms with E-state index < -0.39 is 18.0 Å². The highest BCUT2D eigenvalue weighted by atomic mass is 35.5. The van der Waals surface area contributed by atoms with E-state index in [0.29, 0.717) is 27.7 Å². The van der Waals surface area contributed by atoms with E-state index in [2.05, 4.69) is 20.8 Å². The molecule has 0 aliphatic rings. The van der Waals surface area contributed by atoms with Crippen LogP contribution in [0.3, 0.4) is 0 Å². The highest BCUT2D eigenvalue weighted by Gasteiger charge is 2.26. The third-order valence-corrected chi connectivity index (χ3v) is 4.98. The first-order chi connectivity index (χ1) is 16.0. The fourth-order valence-electron chi connectivity index (χ4n) is 3.08. The van der Waals surface area contributed by atoms with Crippen molar-refractivity contribution in [1.29, 1.82) is 0 Å². The maximum atomic E-state index is 13.1. The summed E-state index contributed by atoms with van der Waals surface area (Å²) >= 11 is 6.15. The quantitative estimate of drug-likeness (QED) is 0.414. The van der Waals surface area contributed by atoms with Crippen molar-refractivity contribution in [2.75, 3.05) is 12.4 Å². The molecule has 1 N–H and O–H groups in total. The average molecular weight is 464 g/mol. The number of hydrogen-bond acceptors (Lipinski definition) is 7. The lowest BCUT2D eigenvalue weighted by molar-refractivity contribution is -0.125. The van der Waals surface area contributed by atoms with Gasteiger partial charge in [-0.15, -0.1) is 5.10 Å². The molecule has 0 radical (unpaired) electrons. The molecule has 9 nitrogen and oxygen atoms in total. The maximum absolute atomic E-state index is 13.1. The first-order valence-corrected chi connectivity index (χ1v) is 10.2. The maximum Gasteiger partial charge on any atom is 0.339 e. The molecular weight excluding hydrogens is 446 g/mol. The molecule has 33 heavy (non-hydrogen) atoms. The molecule has 1 atom stereocenters. The molecule has 0 saturated heterocycles. The van der Waals surface area contributed by atoms with Crippen LogP contribution in [0.2, 0.25) is 5.02 Å². The minimum atomic E-state index is -1.20. The number of anilines is 1. The number of ether oxygens (including phenoxy) is 2. The Labute approximate surface area is 193 Å².